The number of benzene rings is 1. The van der Waals surface area contributed by atoms with Crippen LogP contribution in [0.15, 0.2) is 24.3 Å². The van der Waals surface area contributed by atoms with E-state index in [2.05, 4.69) is 15.3 Å². The lowest BCUT2D eigenvalue weighted by Gasteiger charge is -2.26. The molecule has 7 heteroatoms. The summed E-state index contributed by atoms with van der Waals surface area (Å²) in [5.41, 5.74) is 2.85. The van der Waals surface area contributed by atoms with Crippen molar-refractivity contribution in [3.05, 3.63) is 45.7 Å². The average molecular weight is 369 g/mol. The minimum atomic E-state index is 0.515. The van der Waals surface area contributed by atoms with E-state index >= 15 is 0 Å². The summed E-state index contributed by atoms with van der Waals surface area (Å²) in [6.07, 6.45) is 0. The second-order valence-electron chi connectivity index (χ2n) is 5.93. The van der Waals surface area contributed by atoms with E-state index in [-0.39, 0.29) is 0 Å². The summed E-state index contributed by atoms with van der Waals surface area (Å²) in [6, 6.07) is 7.54. The summed E-state index contributed by atoms with van der Waals surface area (Å²) in [4.78, 5) is 2.41. The third-order valence-electron chi connectivity index (χ3n) is 4.10. The van der Waals surface area contributed by atoms with Gasteiger partial charge in [-0.15, -0.1) is 0 Å². The molecular weight excluding hydrogens is 347 g/mol. The maximum Gasteiger partial charge on any atom is 0.0907 e. The van der Waals surface area contributed by atoms with E-state index in [9.17, 15) is 0 Å². The average Bonchev–Trinajstić information content (AvgIpc) is 2.96. The number of rotatable bonds is 6. The molecule has 2 aromatic rings. The van der Waals surface area contributed by atoms with Crippen molar-refractivity contribution in [3.8, 4) is 5.69 Å². The highest BCUT2D eigenvalue weighted by molar-refractivity contribution is 6.42. The number of nitrogens with zero attached hydrogens (tertiary/aromatic N) is 3. The van der Waals surface area contributed by atoms with E-state index in [0.717, 1.165) is 56.4 Å². The van der Waals surface area contributed by atoms with Crippen LogP contribution in [0.5, 0.6) is 0 Å². The molecule has 1 N–H and O–H groups in total. The van der Waals surface area contributed by atoms with Crippen LogP contribution in [0.25, 0.3) is 5.69 Å². The molecule has 5 nitrogen and oxygen atoms in total. The zero-order valence-electron chi connectivity index (χ0n) is 13.8. The van der Waals surface area contributed by atoms with Crippen LogP contribution in [0.1, 0.15) is 11.4 Å². The molecule has 0 bridgehead atoms. The number of nitrogens with one attached hydrogen (secondary N) is 1. The Labute approximate surface area is 152 Å². The van der Waals surface area contributed by atoms with E-state index in [4.69, 9.17) is 27.9 Å². The molecule has 24 heavy (non-hydrogen) atoms. The number of aromatic nitrogens is 2. The van der Waals surface area contributed by atoms with Crippen molar-refractivity contribution in [2.24, 2.45) is 0 Å². The molecule has 0 unspecified atom stereocenters. The van der Waals surface area contributed by atoms with Gasteiger partial charge in [-0.05, 0) is 31.2 Å². The molecule has 3 rings (SSSR count). The summed E-state index contributed by atoms with van der Waals surface area (Å²) >= 11 is 12.1. The van der Waals surface area contributed by atoms with E-state index in [1.165, 1.54) is 0 Å². The van der Waals surface area contributed by atoms with Gasteiger partial charge in [0, 0.05) is 38.4 Å². The first kappa shape index (κ1) is 17.7. The normalized spacial score (nSPS) is 15.8. The molecule has 1 aliphatic rings. The van der Waals surface area contributed by atoms with Gasteiger partial charge in [0.2, 0.25) is 0 Å². The van der Waals surface area contributed by atoms with E-state index in [1.807, 2.05) is 29.8 Å². The molecule has 1 saturated heterocycles. The monoisotopic (exact) mass is 368 g/mol. The maximum atomic E-state index is 6.09. The summed E-state index contributed by atoms with van der Waals surface area (Å²) < 4.78 is 7.64. The minimum absolute atomic E-state index is 0.515. The lowest BCUT2D eigenvalue weighted by Crippen LogP contribution is -2.44. The zero-order valence-corrected chi connectivity index (χ0v) is 15.3. The number of aryl methyl sites for hydroxylation is 1. The molecule has 0 spiro atoms. The number of hydrogen-bond acceptors (Lipinski definition) is 4. The Bertz CT molecular complexity index is 683. The summed E-state index contributed by atoms with van der Waals surface area (Å²) in [5.74, 6) is 0. The van der Waals surface area contributed by atoms with Gasteiger partial charge in [0.15, 0.2) is 0 Å². The highest BCUT2D eigenvalue weighted by Crippen LogP contribution is 2.25. The van der Waals surface area contributed by atoms with Gasteiger partial charge in [-0.3, -0.25) is 4.90 Å². The van der Waals surface area contributed by atoms with E-state index in [0.29, 0.717) is 16.7 Å². The van der Waals surface area contributed by atoms with Crippen LogP contribution < -0.4 is 5.32 Å². The summed E-state index contributed by atoms with van der Waals surface area (Å²) in [7, 11) is 0. The van der Waals surface area contributed by atoms with E-state index in [1.54, 1.807) is 6.07 Å². The Morgan fingerprint density at radius 2 is 1.96 bits per heavy atom. The van der Waals surface area contributed by atoms with Crippen molar-refractivity contribution < 1.29 is 4.74 Å². The van der Waals surface area contributed by atoms with Gasteiger partial charge < -0.3 is 10.1 Å². The molecule has 0 aliphatic carbocycles. The number of hydrogen-bond donors (Lipinski definition) is 1. The summed E-state index contributed by atoms with van der Waals surface area (Å²) in [6.45, 7) is 8.52. The molecule has 130 valence electrons. The third-order valence-corrected chi connectivity index (χ3v) is 4.84. The van der Waals surface area contributed by atoms with Crippen LogP contribution in [0.2, 0.25) is 10.0 Å². The Kier molecular flexibility index (Phi) is 6.14. The predicted molar refractivity (Wildman–Crippen MR) is 97.3 cm³/mol. The van der Waals surface area contributed by atoms with Gasteiger partial charge in [0.05, 0.1) is 34.6 Å². The van der Waals surface area contributed by atoms with Crippen molar-refractivity contribution >= 4 is 23.2 Å². The standard InChI is InChI=1S/C17H22Cl2N4O/c1-13-10-14(12-24-9-8-22-6-4-20-5-7-22)21-23(13)15-2-3-16(18)17(19)11-15/h2-3,10-11,20H,4-9,12H2,1H3. The Balaban J connectivity index is 1.54. The number of piperazine rings is 1. The van der Waals surface area contributed by atoms with Crippen LogP contribution in [0.3, 0.4) is 0 Å². The highest BCUT2D eigenvalue weighted by atomic mass is 35.5. The smallest absolute Gasteiger partial charge is 0.0907 e. The zero-order chi connectivity index (χ0) is 16.9. The minimum Gasteiger partial charge on any atom is -0.374 e. The molecular formula is C17H22Cl2N4O. The molecule has 0 radical (unpaired) electrons. The van der Waals surface area contributed by atoms with Crippen LogP contribution in [-0.4, -0.2) is 54.0 Å². The van der Waals surface area contributed by atoms with Gasteiger partial charge in [-0.1, -0.05) is 23.2 Å². The van der Waals surface area contributed by atoms with Crippen LogP contribution in [0, 0.1) is 6.92 Å². The quantitative estimate of drug-likeness (QED) is 0.796. The Morgan fingerprint density at radius 3 is 2.71 bits per heavy atom. The Morgan fingerprint density at radius 1 is 1.17 bits per heavy atom. The topological polar surface area (TPSA) is 42.3 Å². The first-order chi connectivity index (χ1) is 11.6. The molecule has 0 amide bonds. The second-order valence-corrected chi connectivity index (χ2v) is 6.75. The predicted octanol–water partition coefficient (Wildman–Crippen LogP) is 2.91. The van der Waals surface area contributed by atoms with Gasteiger partial charge in [0.1, 0.15) is 0 Å². The number of ether oxygens (including phenoxy) is 1. The van der Waals surface area contributed by atoms with Gasteiger partial charge in [0.25, 0.3) is 0 Å². The first-order valence-corrected chi connectivity index (χ1v) is 8.91. The van der Waals surface area contributed by atoms with Gasteiger partial charge in [-0.25, -0.2) is 4.68 Å². The first-order valence-electron chi connectivity index (χ1n) is 8.15. The molecule has 0 atom stereocenters. The van der Waals surface area contributed by atoms with Crippen LogP contribution >= 0.6 is 23.2 Å². The number of halogens is 2. The van der Waals surface area contributed by atoms with Crippen molar-refractivity contribution in [2.45, 2.75) is 13.5 Å². The van der Waals surface area contributed by atoms with Crippen LogP contribution in [-0.2, 0) is 11.3 Å². The lowest BCUT2D eigenvalue weighted by atomic mass is 10.3. The highest BCUT2D eigenvalue weighted by Gasteiger charge is 2.10. The largest absolute Gasteiger partial charge is 0.374 e. The molecule has 1 aliphatic heterocycles. The molecule has 2 heterocycles. The van der Waals surface area contributed by atoms with Crippen LogP contribution in [0.4, 0.5) is 0 Å². The van der Waals surface area contributed by atoms with Gasteiger partial charge in [-0.2, -0.15) is 5.10 Å². The Hall–Kier alpha value is -1.11. The van der Waals surface area contributed by atoms with Crippen molar-refractivity contribution in [3.63, 3.8) is 0 Å². The fourth-order valence-electron chi connectivity index (χ4n) is 2.79. The van der Waals surface area contributed by atoms with Crippen molar-refractivity contribution in [1.82, 2.24) is 20.0 Å². The molecule has 1 fully saturated rings. The lowest BCUT2D eigenvalue weighted by molar-refractivity contribution is 0.0866. The third kappa shape index (κ3) is 4.49. The van der Waals surface area contributed by atoms with Crippen molar-refractivity contribution in [1.29, 1.82) is 0 Å². The van der Waals surface area contributed by atoms with Crippen molar-refractivity contribution in [2.75, 3.05) is 39.3 Å². The second kappa shape index (κ2) is 8.32. The summed E-state index contributed by atoms with van der Waals surface area (Å²) in [5, 5.41) is 9.02. The van der Waals surface area contributed by atoms with E-state index < -0.39 is 0 Å². The molecule has 1 aromatic heterocycles. The SMILES string of the molecule is Cc1cc(COCCN2CCNCC2)nn1-c1ccc(Cl)c(Cl)c1. The fourth-order valence-corrected chi connectivity index (χ4v) is 3.08. The molecule has 0 saturated carbocycles. The molecule has 1 aromatic carbocycles. The fraction of sp³-hybridized carbons (Fsp3) is 0.471. The van der Waals surface area contributed by atoms with Gasteiger partial charge >= 0.3 is 0 Å². The maximum absolute atomic E-state index is 6.09.